The van der Waals surface area contributed by atoms with Crippen molar-refractivity contribution in [1.82, 2.24) is 0 Å². The minimum atomic E-state index is -0.998. The van der Waals surface area contributed by atoms with Crippen LogP contribution in [0.25, 0.3) is 0 Å². The first-order chi connectivity index (χ1) is 4.13. The lowest BCUT2D eigenvalue weighted by atomic mass is 10.3. The summed E-state index contributed by atoms with van der Waals surface area (Å²) in [7, 11) is 0. The third-order valence-electron chi connectivity index (χ3n) is 1.42. The number of carbonyl (C=O) groups is 2. The normalized spacial score (nSPS) is 31.6. The fourth-order valence-corrected chi connectivity index (χ4v) is 0.741. The first kappa shape index (κ1) is 6.07. The predicted octanol–water partition coefficient (Wildman–Crippen LogP) is -0.208. The van der Waals surface area contributed by atoms with Gasteiger partial charge in [0.15, 0.2) is 0 Å². The van der Waals surface area contributed by atoms with Crippen LogP contribution >= 0.6 is 0 Å². The van der Waals surface area contributed by atoms with Crippen LogP contribution in [0.4, 0.5) is 0 Å². The highest BCUT2D eigenvalue weighted by Crippen LogP contribution is 2.38. The highest BCUT2D eigenvalue weighted by molar-refractivity contribution is 5.85. The van der Waals surface area contributed by atoms with Crippen molar-refractivity contribution in [3.8, 4) is 0 Å². The third kappa shape index (κ3) is 1.01. The first-order valence-electron chi connectivity index (χ1n) is 2.58. The van der Waals surface area contributed by atoms with Crippen LogP contribution in [-0.4, -0.2) is 22.2 Å². The molecular formula is C5H6O4. The lowest BCUT2D eigenvalue weighted by Crippen LogP contribution is -2.05. The van der Waals surface area contributed by atoms with Crippen molar-refractivity contribution in [1.29, 1.82) is 0 Å². The van der Waals surface area contributed by atoms with Gasteiger partial charge in [-0.2, -0.15) is 0 Å². The van der Waals surface area contributed by atoms with Crippen LogP contribution in [0.1, 0.15) is 6.42 Å². The van der Waals surface area contributed by atoms with Gasteiger partial charge in [0.1, 0.15) is 0 Å². The Kier molecular flexibility index (Phi) is 1.16. The molecule has 4 heteroatoms. The molecule has 1 unspecified atom stereocenters. The Morgan fingerprint density at radius 2 is 1.44 bits per heavy atom. The Balaban J connectivity index is 2.42. The smallest absolute Gasteiger partial charge is 0.307 e. The van der Waals surface area contributed by atoms with Crippen LogP contribution in [0.2, 0.25) is 0 Å². The van der Waals surface area contributed by atoms with Crippen molar-refractivity contribution in [3.63, 3.8) is 0 Å². The van der Waals surface area contributed by atoms with Gasteiger partial charge in [-0.15, -0.1) is 0 Å². The van der Waals surface area contributed by atoms with Crippen molar-refractivity contribution in [2.24, 2.45) is 11.8 Å². The quantitative estimate of drug-likeness (QED) is 0.542. The average Bonchev–Trinajstić information content (AvgIpc) is 2.39. The summed E-state index contributed by atoms with van der Waals surface area (Å²) < 4.78 is 0. The number of hydrogen-bond acceptors (Lipinski definition) is 2. The Morgan fingerprint density at radius 3 is 1.56 bits per heavy atom. The molecule has 0 aromatic heterocycles. The average molecular weight is 130 g/mol. The van der Waals surface area contributed by atoms with Gasteiger partial charge >= 0.3 is 11.9 Å². The second-order valence-electron chi connectivity index (χ2n) is 2.13. The van der Waals surface area contributed by atoms with Crippen LogP contribution in [-0.2, 0) is 9.59 Å². The van der Waals surface area contributed by atoms with E-state index in [1.807, 2.05) is 0 Å². The number of carboxylic acid groups (broad SMARTS) is 2. The summed E-state index contributed by atoms with van der Waals surface area (Å²) in [6.07, 6.45) is 0.296. The van der Waals surface area contributed by atoms with Crippen molar-refractivity contribution in [2.75, 3.05) is 0 Å². The second kappa shape index (κ2) is 1.72. The van der Waals surface area contributed by atoms with Gasteiger partial charge in [-0.05, 0) is 6.42 Å². The summed E-state index contributed by atoms with van der Waals surface area (Å²) in [5.41, 5.74) is 0. The van der Waals surface area contributed by atoms with E-state index in [0.717, 1.165) is 0 Å². The molecule has 1 saturated carbocycles. The molecule has 50 valence electrons. The lowest BCUT2D eigenvalue weighted by Gasteiger charge is -1.84. The van der Waals surface area contributed by atoms with E-state index < -0.39 is 23.8 Å². The third-order valence-corrected chi connectivity index (χ3v) is 1.42. The van der Waals surface area contributed by atoms with Crippen molar-refractivity contribution < 1.29 is 19.8 Å². The topological polar surface area (TPSA) is 74.6 Å². The van der Waals surface area contributed by atoms with E-state index >= 15 is 0 Å². The summed E-state index contributed by atoms with van der Waals surface area (Å²) in [6.45, 7) is 0. The first-order valence-corrected chi connectivity index (χ1v) is 2.58. The Bertz CT molecular complexity index is 144. The van der Waals surface area contributed by atoms with Crippen LogP contribution in [0.5, 0.6) is 0 Å². The maximum atomic E-state index is 10.0. The fourth-order valence-electron chi connectivity index (χ4n) is 0.741. The van der Waals surface area contributed by atoms with Crippen LogP contribution in [0, 0.1) is 11.8 Å². The van der Waals surface area contributed by atoms with E-state index in [1.165, 1.54) is 0 Å². The van der Waals surface area contributed by atoms with E-state index in [-0.39, 0.29) is 0 Å². The summed E-state index contributed by atoms with van der Waals surface area (Å²) >= 11 is 0. The van der Waals surface area contributed by atoms with Crippen LogP contribution in [0.15, 0.2) is 0 Å². The molecule has 0 aliphatic heterocycles. The van der Waals surface area contributed by atoms with E-state index in [0.29, 0.717) is 6.42 Å². The summed E-state index contributed by atoms with van der Waals surface area (Å²) in [5.74, 6) is -3.24. The fraction of sp³-hybridized carbons (Fsp3) is 0.600. The van der Waals surface area contributed by atoms with Gasteiger partial charge in [-0.1, -0.05) is 0 Å². The summed E-state index contributed by atoms with van der Waals surface area (Å²) in [4.78, 5) is 20.0. The van der Waals surface area contributed by atoms with E-state index in [2.05, 4.69) is 0 Å². The minimum Gasteiger partial charge on any atom is -0.481 e. The molecule has 0 bridgehead atoms. The molecule has 0 aromatic rings. The van der Waals surface area contributed by atoms with Gasteiger partial charge in [0, 0.05) is 0 Å². The second-order valence-corrected chi connectivity index (χ2v) is 2.13. The molecule has 0 amide bonds. The lowest BCUT2D eigenvalue weighted by molar-refractivity contribution is -0.144. The van der Waals surface area contributed by atoms with E-state index in [9.17, 15) is 9.59 Å². The number of aliphatic carboxylic acids is 2. The molecule has 2 atom stereocenters. The van der Waals surface area contributed by atoms with E-state index in [1.54, 1.807) is 0 Å². The molecular weight excluding hydrogens is 124 g/mol. The Hall–Kier alpha value is -1.06. The van der Waals surface area contributed by atoms with Crippen molar-refractivity contribution in [2.45, 2.75) is 6.42 Å². The molecule has 9 heavy (non-hydrogen) atoms. The molecule has 1 fully saturated rings. The van der Waals surface area contributed by atoms with Crippen LogP contribution < -0.4 is 0 Å². The summed E-state index contributed by atoms with van der Waals surface area (Å²) in [5, 5.41) is 16.4. The molecule has 0 aromatic carbocycles. The van der Waals surface area contributed by atoms with Crippen LogP contribution in [0.3, 0.4) is 0 Å². The van der Waals surface area contributed by atoms with Gasteiger partial charge in [-0.25, -0.2) is 0 Å². The summed E-state index contributed by atoms with van der Waals surface area (Å²) in [6, 6.07) is 0. The van der Waals surface area contributed by atoms with Gasteiger partial charge in [0.2, 0.25) is 0 Å². The van der Waals surface area contributed by atoms with Gasteiger partial charge in [0.05, 0.1) is 11.8 Å². The number of carboxylic acids is 2. The Labute approximate surface area is 51.1 Å². The Morgan fingerprint density at radius 1 is 1.11 bits per heavy atom. The maximum absolute atomic E-state index is 10.0. The van der Waals surface area contributed by atoms with Gasteiger partial charge in [0.25, 0.3) is 0 Å². The molecule has 0 heterocycles. The van der Waals surface area contributed by atoms with E-state index in [4.69, 9.17) is 10.2 Å². The van der Waals surface area contributed by atoms with Gasteiger partial charge in [-0.3, -0.25) is 9.59 Å². The zero-order valence-corrected chi connectivity index (χ0v) is 4.57. The van der Waals surface area contributed by atoms with Crippen molar-refractivity contribution in [3.05, 3.63) is 0 Å². The highest BCUT2D eigenvalue weighted by Gasteiger charge is 2.48. The standard InChI is InChI=1S/C5H6O4/c6-4(7)2-1-3(2)5(8)9/h2-3H,1H2,(H,6,7)(H,8,9)/t2-,3?/m0/s1. The van der Waals surface area contributed by atoms with Gasteiger partial charge < -0.3 is 10.2 Å². The molecule has 0 saturated heterocycles. The molecule has 1 aliphatic carbocycles. The zero-order valence-electron chi connectivity index (χ0n) is 4.57. The monoisotopic (exact) mass is 130 g/mol. The zero-order chi connectivity index (χ0) is 7.02. The minimum absolute atomic E-state index is 0.296. The SMILES string of the molecule is O=C(O)C1C[C@@H]1C(=O)O. The van der Waals surface area contributed by atoms with Crippen molar-refractivity contribution >= 4 is 11.9 Å². The highest BCUT2D eigenvalue weighted by atomic mass is 16.4. The number of rotatable bonds is 2. The maximum Gasteiger partial charge on any atom is 0.307 e. The molecule has 0 spiro atoms. The predicted molar refractivity (Wildman–Crippen MR) is 26.9 cm³/mol. The number of hydrogen-bond donors (Lipinski definition) is 2. The molecule has 4 nitrogen and oxygen atoms in total. The molecule has 2 N–H and O–H groups in total. The largest absolute Gasteiger partial charge is 0.481 e. The molecule has 0 radical (unpaired) electrons. The molecule has 1 aliphatic rings. The molecule has 1 rings (SSSR count).